The van der Waals surface area contributed by atoms with Gasteiger partial charge in [0.15, 0.2) is 5.16 Å². The molecule has 0 atom stereocenters. The maximum Gasteiger partial charge on any atom is 0.313 e. The normalized spacial score (nSPS) is 10.8. The number of halogens is 2. The van der Waals surface area contributed by atoms with Crippen molar-refractivity contribution in [2.75, 3.05) is 5.75 Å². The van der Waals surface area contributed by atoms with Gasteiger partial charge in [-0.1, -0.05) is 30.3 Å². The summed E-state index contributed by atoms with van der Waals surface area (Å²) in [5.41, 5.74) is 1.45. The van der Waals surface area contributed by atoms with Crippen LogP contribution in [0.4, 0.5) is 4.39 Å². The molecule has 0 spiro atoms. The predicted octanol–water partition coefficient (Wildman–Crippen LogP) is 3.40. The molecule has 1 heterocycles. The van der Waals surface area contributed by atoms with Crippen LogP contribution in [-0.4, -0.2) is 26.4 Å². The maximum absolute atomic E-state index is 13.6. The topological polar surface area (TPSA) is 55.1 Å². The largest absolute Gasteiger partial charge is 0.481 e. The Morgan fingerprint density at radius 1 is 1.55 bits per heavy atom. The molecule has 0 radical (unpaired) electrons. The number of carbonyl (C=O) groups is 1. The van der Waals surface area contributed by atoms with Crippen molar-refractivity contribution in [2.24, 2.45) is 0 Å². The molecule has 2 aromatic rings. The monoisotopic (exact) mass is 314 g/mol. The van der Waals surface area contributed by atoms with E-state index in [1.54, 1.807) is 16.8 Å². The van der Waals surface area contributed by atoms with Crippen LogP contribution in [0.1, 0.15) is 12.6 Å². The molecular formula is C13H12ClFN2O2S. The zero-order valence-corrected chi connectivity index (χ0v) is 12.2. The smallest absolute Gasteiger partial charge is 0.313 e. The Morgan fingerprint density at radius 2 is 2.30 bits per heavy atom. The molecule has 7 heteroatoms. The van der Waals surface area contributed by atoms with E-state index >= 15 is 0 Å². The van der Waals surface area contributed by atoms with Crippen LogP contribution in [0.15, 0.2) is 29.6 Å². The third-order valence-corrected chi connectivity index (χ3v) is 3.89. The first kappa shape index (κ1) is 14.9. The van der Waals surface area contributed by atoms with E-state index in [1.807, 2.05) is 6.92 Å². The lowest BCUT2D eigenvalue weighted by Crippen LogP contribution is -2.04. The summed E-state index contributed by atoms with van der Waals surface area (Å²) in [5.74, 6) is -1.55. The molecule has 1 aromatic carbocycles. The van der Waals surface area contributed by atoms with E-state index in [4.69, 9.17) is 16.7 Å². The molecule has 106 valence electrons. The predicted molar refractivity (Wildman–Crippen MR) is 76.3 cm³/mol. The first-order chi connectivity index (χ1) is 9.52. The van der Waals surface area contributed by atoms with Crippen LogP contribution in [-0.2, 0) is 11.2 Å². The number of rotatable bonds is 5. The molecule has 0 saturated carbocycles. The maximum atomic E-state index is 13.6. The van der Waals surface area contributed by atoms with Gasteiger partial charge in [-0.2, -0.15) is 0 Å². The van der Waals surface area contributed by atoms with E-state index in [0.717, 1.165) is 17.5 Å². The Morgan fingerprint density at radius 3 is 2.90 bits per heavy atom. The summed E-state index contributed by atoms with van der Waals surface area (Å²) in [5, 5.41) is 9.31. The van der Waals surface area contributed by atoms with E-state index in [1.165, 1.54) is 12.1 Å². The van der Waals surface area contributed by atoms with Crippen LogP contribution in [0, 0.1) is 5.82 Å². The molecule has 1 aromatic heterocycles. The summed E-state index contributed by atoms with van der Waals surface area (Å²) in [6.45, 7) is 1.95. The second-order valence-electron chi connectivity index (χ2n) is 4.00. The standard InChI is InChI=1S/C13H12ClFN2O2S/c1-2-8-6-16-13(20-7-12(18)19)17(8)9-3-4-10(14)11(15)5-9/h3-6H,2,7H2,1H3,(H,18,19). The molecule has 2 rings (SSSR count). The summed E-state index contributed by atoms with van der Waals surface area (Å²) in [6, 6.07) is 4.46. The van der Waals surface area contributed by atoms with E-state index in [0.29, 0.717) is 17.3 Å². The van der Waals surface area contributed by atoms with Crippen LogP contribution < -0.4 is 0 Å². The van der Waals surface area contributed by atoms with Crippen LogP contribution in [0.2, 0.25) is 5.02 Å². The molecular weight excluding hydrogens is 303 g/mol. The van der Waals surface area contributed by atoms with Crippen molar-refractivity contribution < 1.29 is 14.3 Å². The number of thioether (sulfide) groups is 1. The highest BCUT2D eigenvalue weighted by Gasteiger charge is 2.14. The Hall–Kier alpha value is -1.53. The molecule has 0 fully saturated rings. The van der Waals surface area contributed by atoms with E-state index in [-0.39, 0.29) is 10.8 Å². The first-order valence-corrected chi connectivity index (χ1v) is 7.26. The van der Waals surface area contributed by atoms with Gasteiger partial charge < -0.3 is 5.11 Å². The minimum atomic E-state index is -0.926. The highest BCUT2D eigenvalue weighted by atomic mass is 35.5. The first-order valence-electron chi connectivity index (χ1n) is 5.89. The minimum absolute atomic E-state index is 0.0478. The highest BCUT2D eigenvalue weighted by Crippen LogP contribution is 2.26. The van der Waals surface area contributed by atoms with E-state index in [9.17, 15) is 9.18 Å². The lowest BCUT2D eigenvalue weighted by atomic mass is 10.3. The summed E-state index contributed by atoms with van der Waals surface area (Å²) >= 11 is 6.77. The molecule has 20 heavy (non-hydrogen) atoms. The fourth-order valence-electron chi connectivity index (χ4n) is 1.75. The van der Waals surface area contributed by atoms with Gasteiger partial charge in [-0.05, 0) is 24.6 Å². The fourth-order valence-corrected chi connectivity index (χ4v) is 2.60. The molecule has 0 saturated heterocycles. The zero-order chi connectivity index (χ0) is 14.7. The van der Waals surface area contributed by atoms with Crippen molar-refractivity contribution in [2.45, 2.75) is 18.5 Å². The SMILES string of the molecule is CCc1cnc(SCC(=O)O)n1-c1ccc(Cl)c(F)c1. The Bertz CT molecular complexity index is 645. The van der Waals surface area contributed by atoms with Crippen molar-refractivity contribution in [1.82, 2.24) is 9.55 Å². The third-order valence-electron chi connectivity index (χ3n) is 2.65. The minimum Gasteiger partial charge on any atom is -0.481 e. The van der Waals surface area contributed by atoms with Crippen LogP contribution in [0.5, 0.6) is 0 Å². The fraction of sp³-hybridized carbons (Fsp3) is 0.231. The Labute approximate surface area is 124 Å². The number of aromatic nitrogens is 2. The number of imidazole rings is 1. The lowest BCUT2D eigenvalue weighted by Gasteiger charge is -2.11. The van der Waals surface area contributed by atoms with Crippen LogP contribution in [0.25, 0.3) is 5.69 Å². The number of benzene rings is 1. The van der Waals surface area contributed by atoms with Crippen molar-refractivity contribution in [3.05, 3.63) is 40.9 Å². The van der Waals surface area contributed by atoms with Crippen molar-refractivity contribution >= 4 is 29.3 Å². The summed E-state index contributed by atoms with van der Waals surface area (Å²) < 4.78 is 15.3. The molecule has 4 nitrogen and oxygen atoms in total. The molecule has 0 aliphatic heterocycles. The van der Waals surface area contributed by atoms with Gasteiger partial charge in [0.05, 0.1) is 16.5 Å². The second-order valence-corrected chi connectivity index (χ2v) is 5.35. The van der Waals surface area contributed by atoms with Gasteiger partial charge in [-0.25, -0.2) is 9.37 Å². The number of hydrogen-bond donors (Lipinski definition) is 1. The zero-order valence-electron chi connectivity index (χ0n) is 10.6. The van der Waals surface area contributed by atoms with Crippen LogP contribution >= 0.6 is 23.4 Å². The molecule has 0 bridgehead atoms. The second kappa shape index (κ2) is 6.28. The summed E-state index contributed by atoms with van der Waals surface area (Å²) in [7, 11) is 0. The van der Waals surface area contributed by atoms with Crippen LogP contribution in [0.3, 0.4) is 0 Å². The number of nitrogens with zero attached hydrogens (tertiary/aromatic N) is 2. The molecule has 0 amide bonds. The van der Waals surface area contributed by atoms with Gasteiger partial charge in [0.25, 0.3) is 0 Å². The Kier molecular flexibility index (Phi) is 4.67. The third kappa shape index (κ3) is 3.13. The number of hydrogen-bond acceptors (Lipinski definition) is 3. The van der Waals surface area contributed by atoms with Gasteiger partial charge in [0, 0.05) is 11.9 Å². The Balaban J connectivity index is 2.44. The molecule has 0 aliphatic carbocycles. The quantitative estimate of drug-likeness (QED) is 0.859. The van der Waals surface area contributed by atoms with Crippen molar-refractivity contribution in [3.63, 3.8) is 0 Å². The average Bonchev–Trinajstić information content (AvgIpc) is 2.82. The van der Waals surface area contributed by atoms with Gasteiger partial charge >= 0.3 is 5.97 Å². The number of carboxylic acids is 1. The lowest BCUT2D eigenvalue weighted by molar-refractivity contribution is -0.133. The van der Waals surface area contributed by atoms with Gasteiger partial charge in [-0.3, -0.25) is 9.36 Å². The summed E-state index contributed by atoms with van der Waals surface area (Å²) in [4.78, 5) is 14.9. The molecule has 0 unspecified atom stereocenters. The number of carboxylic acid groups (broad SMARTS) is 1. The van der Waals surface area contributed by atoms with Gasteiger partial charge in [-0.15, -0.1) is 0 Å². The van der Waals surface area contributed by atoms with Gasteiger partial charge in [0.1, 0.15) is 5.82 Å². The van der Waals surface area contributed by atoms with Gasteiger partial charge in [0.2, 0.25) is 0 Å². The van der Waals surface area contributed by atoms with Crippen molar-refractivity contribution in [1.29, 1.82) is 0 Å². The average molecular weight is 315 g/mol. The number of aryl methyl sites for hydroxylation is 1. The van der Waals surface area contributed by atoms with E-state index < -0.39 is 11.8 Å². The number of aliphatic carboxylic acids is 1. The highest BCUT2D eigenvalue weighted by molar-refractivity contribution is 7.99. The molecule has 1 N–H and O–H groups in total. The molecule has 0 aliphatic rings. The van der Waals surface area contributed by atoms with E-state index in [2.05, 4.69) is 4.98 Å². The summed E-state index contributed by atoms with van der Waals surface area (Å²) in [6.07, 6.45) is 2.36. The van der Waals surface area contributed by atoms with Crippen molar-refractivity contribution in [3.8, 4) is 5.69 Å².